The Hall–Kier alpha value is -1.24. The van der Waals surface area contributed by atoms with Gasteiger partial charge in [0.25, 0.3) is 0 Å². The van der Waals surface area contributed by atoms with E-state index in [4.69, 9.17) is 0 Å². The molecule has 1 aromatic carbocycles. The molecule has 0 saturated carbocycles. The van der Waals surface area contributed by atoms with Gasteiger partial charge in [-0.05, 0) is 12.1 Å². The van der Waals surface area contributed by atoms with Gasteiger partial charge in [0.15, 0.2) is 0 Å². The third-order valence-corrected chi connectivity index (χ3v) is 1.55. The Labute approximate surface area is 104 Å². The van der Waals surface area contributed by atoms with Crippen LogP contribution in [0.2, 0.25) is 0 Å². The number of pyridine rings is 1. The molecule has 0 fully saturated rings. The minimum Gasteiger partial charge on any atom is -0.265 e. The predicted octanol–water partition coefficient (Wildman–Crippen LogP) is 3.21. The predicted molar refractivity (Wildman–Crippen MR) is 59.6 cm³/mol. The molecular formula is C13H12IrN-. The smallest absolute Gasteiger partial charge is 0.0267 e. The van der Waals surface area contributed by atoms with Crippen LogP contribution in [0.5, 0.6) is 0 Å². The zero-order valence-electron chi connectivity index (χ0n) is 8.26. The van der Waals surface area contributed by atoms with E-state index < -0.39 is 0 Å². The van der Waals surface area contributed by atoms with Gasteiger partial charge in [-0.15, -0.1) is 12.1 Å². The van der Waals surface area contributed by atoms with Crippen LogP contribution in [0, 0.1) is 6.07 Å². The van der Waals surface area contributed by atoms with Crippen molar-refractivity contribution in [1.29, 1.82) is 0 Å². The van der Waals surface area contributed by atoms with E-state index in [0.29, 0.717) is 0 Å². The molecule has 0 bridgehead atoms. The zero-order valence-corrected chi connectivity index (χ0v) is 10.7. The molecule has 1 aromatic heterocycles. The largest absolute Gasteiger partial charge is 0.265 e. The minimum atomic E-state index is 0. The van der Waals surface area contributed by atoms with Crippen LogP contribution in [0.25, 0.3) is 6.08 Å². The third-order valence-electron chi connectivity index (χ3n) is 1.55. The fourth-order valence-electron chi connectivity index (χ4n) is 0.848. The van der Waals surface area contributed by atoms with Crippen molar-refractivity contribution in [2.45, 2.75) is 0 Å². The molecule has 1 nitrogen and oxygen atoms in total. The van der Waals surface area contributed by atoms with Crippen molar-refractivity contribution in [2.75, 3.05) is 0 Å². The third kappa shape index (κ3) is 6.78. The topological polar surface area (TPSA) is 12.9 Å². The zero-order chi connectivity index (χ0) is 10.1. The number of hydrogen-bond acceptors (Lipinski definition) is 1. The van der Waals surface area contributed by atoms with Crippen LogP contribution in [0.4, 0.5) is 0 Å². The second-order valence-corrected chi connectivity index (χ2v) is 2.56. The van der Waals surface area contributed by atoms with Crippen LogP contribution in [0.1, 0.15) is 5.56 Å². The summed E-state index contributed by atoms with van der Waals surface area (Å²) >= 11 is 0. The van der Waals surface area contributed by atoms with E-state index in [9.17, 15) is 0 Å². The van der Waals surface area contributed by atoms with E-state index in [1.165, 1.54) is 0 Å². The Morgan fingerprint density at radius 2 is 1.67 bits per heavy atom. The molecule has 0 N–H and O–H groups in total. The summed E-state index contributed by atoms with van der Waals surface area (Å²) < 4.78 is 0. The Morgan fingerprint density at radius 1 is 1.07 bits per heavy atom. The Balaban J connectivity index is 0.000000253. The first-order chi connectivity index (χ1) is 6.93. The van der Waals surface area contributed by atoms with Crippen molar-refractivity contribution in [1.82, 2.24) is 4.98 Å². The fraction of sp³-hybridized carbons (Fsp3) is 0. The van der Waals surface area contributed by atoms with Gasteiger partial charge in [0.05, 0.1) is 0 Å². The fourth-order valence-corrected chi connectivity index (χ4v) is 0.848. The summed E-state index contributed by atoms with van der Waals surface area (Å²) in [6, 6.07) is 16.3. The SMILES string of the molecule is C=Cc1cc[c-]cc1.[Ir].c1ccncc1. The molecule has 0 atom stereocenters. The van der Waals surface area contributed by atoms with Crippen LogP contribution in [0.15, 0.2) is 61.4 Å². The van der Waals surface area contributed by atoms with Crippen molar-refractivity contribution < 1.29 is 20.1 Å². The van der Waals surface area contributed by atoms with Crippen molar-refractivity contribution in [3.05, 3.63) is 73.1 Å². The van der Waals surface area contributed by atoms with E-state index in [2.05, 4.69) is 17.6 Å². The Morgan fingerprint density at radius 3 is 1.93 bits per heavy atom. The van der Waals surface area contributed by atoms with Crippen molar-refractivity contribution >= 4 is 6.08 Å². The number of aromatic nitrogens is 1. The minimum absolute atomic E-state index is 0. The molecule has 0 aliphatic heterocycles. The molecule has 0 aliphatic rings. The van der Waals surface area contributed by atoms with E-state index in [1.807, 2.05) is 48.5 Å². The molecule has 0 amide bonds. The van der Waals surface area contributed by atoms with Crippen LogP contribution >= 0.6 is 0 Å². The summed E-state index contributed by atoms with van der Waals surface area (Å²) in [5.41, 5.74) is 1.14. The van der Waals surface area contributed by atoms with Gasteiger partial charge in [-0.3, -0.25) is 4.98 Å². The van der Waals surface area contributed by atoms with Gasteiger partial charge in [-0.1, -0.05) is 12.1 Å². The van der Waals surface area contributed by atoms with Gasteiger partial charge >= 0.3 is 0 Å². The van der Waals surface area contributed by atoms with Crippen LogP contribution in [-0.4, -0.2) is 4.98 Å². The molecule has 1 heterocycles. The maximum atomic E-state index is 3.78. The number of hydrogen-bond donors (Lipinski definition) is 0. The summed E-state index contributed by atoms with van der Waals surface area (Å²) in [7, 11) is 0. The summed E-state index contributed by atoms with van der Waals surface area (Å²) in [6.45, 7) is 3.62. The maximum absolute atomic E-state index is 3.78. The standard InChI is InChI=1S/C8H7.C5H5N.Ir/c1-2-8-6-4-3-5-7-8;1-2-4-6-5-3-1;/h2,4-7H,1H2;1-5H;/q-1;;. The number of rotatable bonds is 1. The number of nitrogens with zero attached hydrogens (tertiary/aromatic N) is 1. The molecule has 2 rings (SSSR count). The monoisotopic (exact) mass is 375 g/mol. The molecule has 0 saturated heterocycles. The molecule has 0 aliphatic carbocycles. The second kappa shape index (κ2) is 9.32. The van der Waals surface area contributed by atoms with Gasteiger partial charge in [0, 0.05) is 32.5 Å². The molecule has 0 spiro atoms. The van der Waals surface area contributed by atoms with E-state index in [0.717, 1.165) is 5.56 Å². The molecule has 2 heteroatoms. The van der Waals surface area contributed by atoms with Crippen molar-refractivity contribution in [2.24, 2.45) is 0 Å². The first kappa shape index (κ1) is 13.8. The van der Waals surface area contributed by atoms with Gasteiger partial charge in [0.1, 0.15) is 0 Å². The molecule has 2 aromatic rings. The first-order valence-electron chi connectivity index (χ1n) is 4.37. The maximum Gasteiger partial charge on any atom is 0.0267 e. The molecule has 1 radical (unpaired) electrons. The number of benzene rings is 1. The molecule has 0 unspecified atom stereocenters. The summed E-state index contributed by atoms with van der Waals surface area (Å²) in [4.78, 5) is 3.78. The van der Waals surface area contributed by atoms with Gasteiger partial charge < -0.3 is 0 Å². The van der Waals surface area contributed by atoms with E-state index in [-0.39, 0.29) is 20.1 Å². The average molecular weight is 374 g/mol. The van der Waals surface area contributed by atoms with E-state index in [1.54, 1.807) is 12.4 Å². The Bertz CT molecular complexity index is 319. The second-order valence-electron chi connectivity index (χ2n) is 2.56. The van der Waals surface area contributed by atoms with Crippen LogP contribution in [0.3, 0.4) is 0 Å². The van der Waals surface area contributed by atoms with Crippen molar-refractivity contribution in [3.8, 4) is 0 Å². The van der Waals surface area contributed by atoms with Crippen molar-refractivity contribution in [3.63, 3.8) is 0 Å². The van der Waals surface area contributed by atoms with Crippen LogP contribution < -0.4 is 0 Å². The quantitative estimate of drug-likeness (QED) is 0.699. The Kier molecular flexibility index (Phi) is 8.55. The van der Waals surface area contributed by atoms with Gasteiger partial charge in [0.2, 0.25) is 0 Å². The van der Waals surface area contributed by atoms with Gasteiger partial charge in [-0.2, -0.15) is 30.3 Å². The first-order valence-corrected chi connectivity index (χ1v) is 4.37. The van der Waals surface area contributed by atoms with Gasteiger partial charge in [-0.25, -0.2) is 0 Å². The summed E-state index contributed by atoms with van der Waals surface area (Å²) in [5, 5.41) is 0. The average Bonchev–Trinajstić information content (AvgIpc) is 2.33. The molecular weight excluding hydrogens is 362 g/mol. The molecule has 79 valence electrons. The molecule has 15 heavy (non-hydrogen) atoms. The van der Waals surface area contributed by atoms with Crippen LogP contribution in [-0.2, 0) is 20.1 Å². The summed E-state index contributed by atoms with van der Waals surface area (Å²) in [6.07, 6.45) is 5.31. The van der Waals surface area contributed by atoms with E-state index >= 15 is 0 Å². The normalized spacial score (nSPS) is 7.73. The summed E-state index contributed by atoms with van der Waals surface area (Å²) in [5.74, 6) is 0.